The van der Waals surface area contributed by atoms with Gasteiger partial charge in [0.25, 0.3) is 0 Å². The summed E-state index contributed by atoms with van der Waals surface area (Å²) in [7, 11) is 0. The van der Waals surface area contributed by atoms with Crippen LogP contribution in [0.4, 0.5) is 23.0 Å². The van der Waals surface area contributed by atoms with E-state index in [0.29, 0.717) is 23.9 Å². The second-order valence-corrected chi connectivity index (χ2v) is 3.76. The normalized spacial score (nSPS) is 10.1. The molecule has 2 aromatic rings. The zero-order chi connectivity index (χ0) is 13.0. The topological polar surface area (TPSA) is 86.2 Å². The van der Waals surface area contributed by atoms with Gasteiger partial charge in [0.2, 0.25) is 0 Å². The number of anilines is 4. The summed E-state index contributed by atoms with van der Waals surface area (Å²) in [6.45, 7) is 2.58. The Morgan fingerprint density at radius 2 is 2.06 bits per heavy atom. The van der Waals surface area contributed by atoms with Crippen molar-refractivity contribution >= 4 is 23.0 Å². The molecule has 0 amide bonds. The van der Waals surface area contributed by atoms with Crippen molar-refractivity contribution in [2.75, 3.05) is 23.4 Å². The van der Waals surface area contributed by atoms with Crippen LogP contribution in [0.3, 0.4) is 0 Å². The molecular formula is C13H16N4O. The Kier molecular flexibility index (Phi) is 3.52. The lowest BCUT2D eigenvalue weighted by Gasteiger charge is -2.09. The molecule has 0 aliphatic carbocycles. The first kappa shape index (κ1) is 12.0. The van der Waals surface area contributed by atoms with E-state index in [1.165, 1.54) is 0 Å². The fourth-order valence-electron chi connectivity index (χ4n) is 1.53. The molecule has 0 saturated heterocycles. The number of nitrogens with one attached hydrogen (secondary N) is 1. The van der Waals surface area contributed by atoms with Crippen LogP contribution in [0.5, 0.6) is 5.75 Å². The molecule has 5 N–H and O–H groups in total. The highest BCUT2D eigenvalue weighted by Gasteiger charge is 2.01. The molecule has 94 valence electrons. The van der Waals surface area contributed by atoms with Gasteiger partial charge < -0.3 is 21.5 Å². The Bertz CT molecular complexity index is 542. The predicted molar refractivity (Wildman–Crippen MR) is 74.0 cm³/mol. The molecule has 5 heteroatoms. The number of nitrogens with zero attached hydrogens (tertiary/aromatic N) is 1. The average molecular weight is 244 g/mol. The van der Waals surface area contributed by atoms with Gasteiger partial charge in [-0.1, -0.05) is 6.07 Å². The zero-order valence-corrected chi connectivity index (χ0v) is 10.2. The molecule has 0 aliphatic heterocycles. The van der Waals surface area contributed by atoms with Crippen molar-refractivity contribution in [3.63, 3.8) is 0 Å². The molecule has 0 fully saturated rings. The monoisotopic (exact) mass is 244 g/mol. The highest BCUT2D eigenvalue weighted by atomic mass is 16.5. The van der Waals surface area contributed by atoms with E-state index in [2.05, 4.69) is 10.3 Å². The van der Waals surface area contributed by atoms with Gasteiger partial charge in [0.15, 0.2) is 0 Å². The maximum absolute atomic E-state index is 5.65. The second-order valence-electron chi connectivity index (χ2n) is 3.76. The molecule has 18 heavy (non-hydrogen) atoms. The van der Waals surface area contributed by atoms with E-state index in [0.717, 1.165) is 11.4 Å². The Morgan fingerprint density at radius 1 is 1.22 bits per heavy atom. The van der Waals surface area contributed by atoms with Crippen molar-refractivity contribution in [1.29, 1.82) is 0 Å². The first-order chi connectivity index (χ1) is 8.69. The fraction of sp³-hybridized carbons (Fsp3) is 0.154. The number of hydrogen-bond acceptors (Lipinski definition) is 5. The first-order valence-corrected chi connectivity index (χ1v) is 5.71. The molecule has 0 radical (unpaired) electrons. The molecule has 0 aliphatic rings. The van der Waals surface area contributed by atoms with Gasteiger partial charge in [0, 0.05) is 11.8 Å². The fourth-order valence-corrected chi connectivity index (χ4v) is 1.53. The molecule has 2 rings (SSSR count). The highest BCUT2D eigenvalue weighted by molar-refractivity contribution is 5.65. The maximum Gasteiger partial charge on any atom is 0.149 e. The van der Waals surface area contributed by atoms with Crippen molar-refractivity contribution in [3.8, 4) is 5.75 Å². The smallest absolute Gasteiger partial charge is 0.149 e. The summed E-state index contributed by atoms with van der Waals surface area (Å²) in [4.78, 5) is 4.14. The third-order valence-corrected chi connectivity index (χ3v) is 2.37. The number of rotatable bonds is 4. The minimum atomic E-state index is 0.320. The molecule has 5 nitrogen and oxygen atoms in total. The number of benzene rings is 1. The number of nitrogens with two attached hydrogens (primary N) is 2. The van der Waals surface area contributed by atoms with Crippen molar-refractivity contribution in [2.45, 2.75) is 6.92 Å². The number of hydrogen-bond donors (Lipinski definition) is 3. The van der Waals surface area contributed by atoms with Gasteiger partial charge in [-0.3, -0.25) is 0 Å². The largest absolute Gasteiger partial charge is 0.494 e. The molecule has 1 aromatic heterocycles. The van der Waals surface area contributed by atoms with E-state index in [1.807, 2.05) is 31.2 Å². The Labute approximate surface area is 106 Å². The average Bonchev–Trinajstić information content (AvgIpc) is 2.35. The lowest BCUT2D eigenvalue weighted by atomic mass is 10.3. The van der Waals surface area contributed by atoms with Gasteiger partial charge in [-0.2, -0.15) is 0 Å². The molecule has 0 spiro atoms. The number of aromatic nitrogens is 1. The summed E-state index contributed by atoms with van der Waals surface area (Å²) in [6.07, 6.45) is 0. The Hall–Kier alpha value is -2.43. The summed E-state index contributed by atoms with van der Waals surface area (Å²) in [5.41, 5.74) is 12.6. The molecule has 0 bridgehead atoms. The molecular weight excluding hydrogens is 228 g/mol. The van der Waals surface area contributed by atoms with Crippen molar-refractivity contribution in [1.82, 2.24) is 4.98 Å². The quantitative estimate of drug-likeness (QED) is 0.768. The van der Waals surface area contributed by atoms with Crippen LogP contribution in [-0.2, 0) is 0 Å². The predicted octanol–water partition coefficient (Wildman–Crippen LogP) is 2.39. The summed E-state index contributed by atoms with van der Waals surface area (Å²) in [6, 6.07) is 11.1. The van der Waals surface area contributed by atoms with E-state index in [-0.39, 0.29) is 0 Å². The van der Waals surface area contributed by atoms with Crippen LogP contribution >= 0.6 is 0 Å². The SMILES string of the molecule is CCOc1cccc(Nc2ccc(N)c(N)n2)c1. The van der Waals surface area contributed by atoms with Gasteiger partial charge in [-0.05, 0) is 31.2 Å². The number of pyridine rings is 1. The lowest BCUT2D eigenvalue weighted by molar-refractivity contribution is 0.340. The van der Waals surface area contributed by atoms with E-state index < -0.39 is 0 Å². The van der Waals surface area contributed by atoms with Crippen LogP contribution in [0.15, 0.2) is 36.4 Å². The number of nitrogen functional groups attached to an aromatic ring is 2. The second kappa shape index (κ2) is 5.27. The molecule has 0 unspecified atom stereocenters. The van der Waals surface area contributed by atoms with Crippen molar-refractivity contribution in [3.05, 3.63) is 36.4 Å². The van der Waals surface area contributed by atoms with Gasteiger partial charge >= 0.3 is 0 Å². The standard InChI is InChI=1S/C13H16N4O/c1-2-18-10-5-3-4-9(8-10)16-12-7-6-11(14)13(15)17-12/h3-8H,2,14H2,1H3,(H3,15,16,17). The van der Waals surface area contributed by atoms with Crippen molar-refractivity contribution < 1.29 is 4.74 Å². The van der Waals surface area contributed by atoms with Crippen LogP contribution in [0.1, 0.15) is 6.92 Å². The van der Waals surface area contributed by atoms with Crippen LogP contribution in [0.2, 0.25) is 0 Å². The molecule has 0 atom stereocenters. The van der Waals surface area contributed by atoms with Gasteiger partial charge in [0.05, 0.1) is 12.3 Å². The van der Waals surface area contributed by atoms with Gasteiger partial charge in [-0.25, -0.2) is 4.98 Å². The van der Waals surface area contributed by atoms with Crippen LogP contribution < -0.4 is 21.5 Å². The Morgan fingerprint density at radius 3 is 2.78 bits per heavy atom. The summed E-state index contributed by atoms with van der Waals surface area (Å²) < 4.78 is 5.42. The third-order valence-electron chi connectivity index (χ3n) is 2.37. The Balaban J connectivity index is 2.17. The maximum atomic E-state index is 5.65. The summed E-state index contributed by atoms with van der Waals surface area (Å²) in [5, 5.41) is 3.14. The van der Waals surface area contributed by atoms with E-state index in [9.17, 15) is 0 Å². The number of ether oxygens (including phenoxy) is 1. The zero-order valence-electron chi connectivity index (χ0n) is 10.2. The lowest BCUT2D eigenvalue weighted by Crippen LogP contribution is -2.01. The third kappa shape index (κ3) is 2.82. The van der Waals surface area contributed by atoms with E-state index in [1.54, 1.807) is 12.1 Å². The molecule has 1 aromatic carbocycles. The summed E-state index contributed by atoms with van der Waals surface area (Å²) >= 11 is 0. The van der Waals surface area contributed by atoms with Crippen LogP contribution in [0, 0.1) is 0 Å². The van der Waals surface area contributed by atoms with Crippen LogP contribution in [-0.4, -0.2) is 11.6 Å². The van der Waals surface area contributed by atoms with Gasteiger partial charge in [0.1, 0.15) is 17.4 Å². The van der Waals surface area contributed by atoms with Crippen LogP contribution in [0.25, 0.3) is 0 Å². The van der Waals surface area contributed by atoms with Crippen molar-refractivity contribution in [2.24, 2.45) is 0 Å². The van der Waals surface area contributed by atoms with E-state index >= 15 is 0 Å². The minimum Gasteiger partial charge on any atom is -0.494 e. The minimum absolute atomic E-state index is 0.320. The summed E-state index contributed by atoms with van der Waals surface area (Å²) in [5.74, 6) is 1.78. The van der Waals surface area contributed by atoms with Gasteiger partial charge in [-0.15, -0.1) is 0 Å². The van der Waals surface area contributed by atoms with E-state index in [4.69, 9.17) is 16.2 Å². The highest BCUT2D eigenvalue weighted by Crippen LogP contribution is 2.22. The molecule has 0 saturated carbocycles. The molecule has 1 heterocycles. The first-order valence-electron chi connectivity index (χ1n) is 5.71.